The predicted octanol–water partition coefficient (Wildman–Crippen LogP) is 0.742. The molecule has 0 amide bonds. The Morgan fingerprint density at radius 2 is 1.88 bits per heavy atom. The van der Waals surface area contributed by atoms with Crippen molar-refractivity contribution >= 4 is 5.69 Å². The van der Waals surface area contributed by atoms with E-state index in [9.17, 15) is 0 Å². The molecule has 0 unspecified atom stereocenters. The maximum atomic E-state index is 3.44. The fourth-order valence-corrected chi connectivity index (χ4v) is 2.71. The fraction of sp³-hybridized carbons (Fsp3) is 0.538. The molecule has 1 saturated heterocycles. The summed E-state index contributed by atoms with van der Waals surface area (Å²) in [5.41, 5.74) is 4.53. The largest absolute Gasteiger partial charge is 0.369 e. The average molecular weight is 217 g/mol. The van der Waals surface area contributed by atoms with Crippen LogP contribution in [0.4, 0.5) is 5.69 Å². The van der Waals surface area contributed by atoms with Crippen molar-refractivity contribution in [1.29, 1.82) is 0 Å². The van der Waals surface area contributed by atoms with Gasteiger partial charge in [-0.1, -0.05) is 12.1 Å². The summed E-state index contributed by atoms with van der Waals surface area (Å²) < 4.78 is 0. The third-order valence-corrected chi connectivity index (χ3v) is 3.57. The van der Waals surface area contributed by atoms with E-state index in [2.05, 4.69) is 33.7 Å². The predicted molar refractivity (Wildman–Crippen MR) is 66.9 cm³/mol. The van der Waals surface area contributed by atoms with Crippen LogP contribution in [0.3, 0.4) is 0 Å². The molecule has 3 heteroatoms. The first-order valence-electron chi connectivity index (χ1n) is 6.22. The molecule has 0 aliphatic carbocycles. The quantitative estimate of drug-likeness (QED) is 0.726. The van der Waals surface area contributed by atoms with Gasteiger partial charge in [0.25, 0.3) is 0 Å². The molecule has 0 aromatic heterocycles. The van der Waals surface area contributed by atoms with E-state index < -0.39 is 0 Å². The molecule has 0 atom stereocenters. The maximum absolute atomic E-state index is 3.44. The summed E-state index contributed by atoms with van der Waals surface area (Å²) in [4.78, 5) is 2.53. The number of hydrogen-bond acceptors (Lipinski definition) is 3. The number of piperazine rings is 1. The van der Waals surface area contributed by atoms with E-state index in [0.29, 0.717) is 0 Å². The van der Waals surface area contributed by atoms with E-state index in [1.807, 2.05) is 0 Å². The Labute approximate surface area is 96.8 Å². The highest BCUT2D eigenvalue weighted by molar-refractivity contribution is 5.58. The van der Waals surface area contributed by atoms with Crippen molar-refractivity contribution in [1.82, 2.24) is 10.6 Å². The van der Waals surface area contributed by atoms with Gasteiger partial charge in [-0.2, -0.15) is 0 Å². The van der Waals surface area contributed by atoms with Crippen LogP contribution in [0, 0.1) is 0 Å². The first-order valence-corrected chi connectivity index (χ1v) is 6.22. The summed E-state index contributed by atoms with van der Waals surface area (Å²) >= 11 is 0. The van der Waals surface area contributed by atoms with Gasteiger partial charge in [-0.25, -0.2) is 0 Å². The van der Waals surface area contributed by atoms with Gasteiger partial charge in [0.2, 0.25) is 0 Å². The Kier molecular flexibility index (Phi) is 2.80. The van der Waals surface area contributed by atoms with Crippen molar-refractivity contribution in [2.75, 3.05) is 37.6 Å². The summed E-state index contributed by atoms with van der Waals surface area (Å²) in [6.07, 6.45) is 1.18. The van der Waals surface area contributed by atoms with Gasteiger partial charge in [-0.05, 0) is 30.2 Å². The minimum absolute atomic E-state index is 1.04. The van der Waals surface area contributed by atoms with Crippen LogP contribution >= 0.6 is 0 Å². The van der Waals surface area contributed by atoms with E-state index in [1.54, 1.807) is 5.56 Å². The van der Waals surface area contributed by atoms with Crippen LogP contribution < -0.4 is 15.5 Å². The Morgan fingerprint density at radius 3 is 2.75 bits per heavy atom. The molecule has 0 radical (unpaired) electrons. The Bertz CT molecular complexity index is 369. The summed E-state index contributed by atoms with van der Waals surface area (Å²) in [6, 6.07) is 6.74. The Hall–Kier alpha value is -1.06. The SMILES string of the molecule is c1cc2c(c(N3CCNCC3)c1)CCNC2. The van der Waals surface area contributed by atoms with Crippen molar-refractivity contribution < 1.29 is 0 Å². The smallest absolute Gasteiger partial charge is 0.0403 e. The molecule has 2 aliphatic rings. The molecule has 86 valence electrons. The van der Waals surface area contributed by atoms with Gasteiger partial charge in [0.1, 0.15) is 0 Å². The van der Waals surface area contributed by atoms with E-state index in [0.717, 1.165) is 39.3 Å². The van der Waals surface area contributed by atoms with Crippen molar-refractivity contribution in [3.05, 3.63) is 29.3 Å². The van der Waals surface area contributed by atoms with Crippen LogP contribution in [-0.4, -0.2) is 32.7 Å². The molecule has 16 heavy (non-hydrogen) atoms. The van der Waals surface area contributed by atoms with Crippen LogP contribution in [0.15, 0.2) is 18.2 Å². The van der Waals surface area contributed by atoms with E-state index in [-0.39, 0.29) is 0 Å². The third-order valence-electron chi connectivity index (χ3n) is 3.57. The summed E-state index contributed by atoms with van der Waals surface area (Å²) in [7, 11) is 0. The first-order chi connectivity index (χ1) is 7.95. The van der Waals surface area contributed by atoms with Gasteiger partial charge in [0.15, 0.2) is 0 Å². The summed E-state index contributed by atoms with van der Waals surface area (Å²) in [5, 5.41) is 6.85. The normalized spacial score (nSPS) is 20.6. The second-order valence-corrected chi connectivity index (χ2v) is 4.58. The van der Waals surface area contributed by atoms with Crippen LogP contribution in [0.1, 0.15) is 11.1 Å². The third kappa shape index (κ3) is 1.81. The zero-order chi connectivity index (χ0) is 10.8. The van der Waals surface area contributed by atoms with Gasteiger partial charge >= 0.3 is 0 Å². The number of nitrogens with zero attached hydrogens (tertiary/aromatic N) is 1. The van der Waals surface area contributed by atoms with Gasteiger partial charge in [0, 0.05) is 38.4 Å². The number of rotatable bonds is 1. The van der Waals surface area contributed by atoms with Crippen LogP contribution in [0.2, 0.25) is 0 Å². The maximum Gasteiger partial charge on any atom is 0.0403 e. The number of benzene rings is 1. The lowest BCUT2D eigenvalue weighted by Crippen LogP contribution is -2.44. The number of hydrogen-bond donors (Lipinski definition) is 2. The van der Waals surface area contributed by atoms with E-state index in [1.165, 1.54) is 17.7 Å². The molecule has 3 nitrogen and oxygen atoms in total. The number of anilines is 1. The zero-order valence-electron chi connectivity index (χ0n) is 9.63. The topological polar surface area (TPSA) is 27.3 Å². The lowest BCUT2D eigenvalue weighted by molar-refractivity contribution is 0.582. The van der Waals surface area contributed by atoms with Gasteiger partial charge < -0.3 is 15.5 Å². The monoisotopic (exact) mass is 217 g/mol. The molecular formula is C13H19N3. The standard InChI is InChI=1S/C13H19N3/c1-2-11-10-15-5-4-12(11)13(3-1)16-8-6-14-7-9-16/h1-3,14-15H,4-10H2. The molecule has 2 aliphatic heterocycles. The molecule has 2 N–H and O–H groups in total. The lowest BCUT2D eigenvalue weighted by atomic mass is 9.98. The second kappa shape index (κ2) is 4.44. The van der Waals surface area contributed by atoms with Crippen molar-refractivity contribution in [2.24, 2.45) is 0 Å². The molecule has 1 fully saturated rings. The summed E-state index contributed by atoms with van der Waals surface area (Å²) in [5.74, 6) is 0. The van der Waals surface area contributed by atoms with E-state index >= 15 is 0 Å². The molecule has 0 spiro atoms. The number of fused-ring (bicyclic) bond motifs is 1. The Morgan fingerprint density at radius 1 is 1.00 bits per heavy atom. The average Bonchev–Trinajstić information content (AvgIpc) is 2.39. The molecule has 1 aromatic rings. The summed E-state index contributed by atoms with van der Waals surface area (Å²) in [6.45, 7) is 6.67. The minimum atomic E-state index is 1.04. The second-order valence-electron chi connectivity index (χ2n) is 4.58. The van der Waals surface area contributed by atoms with Crippen LogP contribution in [0.25, 0.3) is 0 Å². The molecule has 2 heterocycles. The van der Waals surface area contributed by atoms with Gasteiger partial charge in [-0.3, -0.25) is 0 Å². The van der Waals surface area contributed by atoms with Crippen molar-refractivity contribution in [2.45, 2.75) is 13.0 Å². The highest BCUT2D eigenvalue weighted by atomic mass is 15.2. The highest BCUT2D eigenvalue weighted by Crippen LogP contribution is 2.26. The van der Waals surface area contributed by atoms with Crippen LogP contribution in [-0.2, 0) is 13.0 Å². The molecule has 3 rings (SSSR count). The molecule has 0 bridgehead atoms. The van der Waals surface area contributed by atoms with Crippen LogP contribution in [0.5, 0.6) is 0 Å². The van der Waals surface area contributed by atoms with Crippen molar-refractivity contribution in [3.63, 3.8) is 0 Å². The Balaban J connectivity index is 1.93. The van der Waals surface area contributed by atoms with E-state index in [4.69, 9.17) is 0 Å². The van der Waals surface area contributed by atoms with Gasteiger partial charge in [-0.15, -0.1) is 0 Å². The highest BCUT2D eigenvalue weighted by Gasteiger charge is 2.17. The van der Waals surface area contributed by atoms with Gasteiger partial charge in [0.05, 0.1) is 0 Å². The minimum Gasteiger partial charge on any atom is -0.369 e. The van der Waals surface area contributed by atoms with Crippen molar-refractivity contribution in [3.8, 4) is 0 Å². The molecular weight excluding hydrogens is 198 g/mol. The number of nitrogens with one attached hydrogen (secondary N) is 2. The molecule has 0 saturated carbocycles. The first kappa shape index (κ1) is 10.1. The molecule has 1 aromatic carbocycles. The zero-order valence-corrected chi connectivity index (χ0v) is 9.63. The fourth-order valence-electron chi connectivity index (χ4n) is 2.71. The lowest BCUT2D eigenvalue weighted by Gasteiger charge is -2.33.